The molecular formula is C14H11NS. The van der Waals surface area contributed by atoms with Gasteiger partial charge in [-0.05, 0) is 17.7 Å². The molecule has 2 heteroatoms. The van der Waals surface area contributed by atoms with Crippen molar-refractivity contribution >= 4 is 22.1 Å². The molecule has 1 aromatic heterocycles. The highest BCUT2D eigenvalue weighted by atomic mass is 32.1. The number of benzene rings is 2. The van der Waals surface area contributed by atoms with Crippen LogP contribution in [0.3, 0.4) is 0 Å². The lowest BCUT2D eigenvalue weighted by atomic mass is 10.0. The standard InChI is InChI=1S/C14H11NS/c1-10-14(16-9-15-10)13-8-4-6-11-5-2-3-7-12(11)13/h2-9H,1H3. The quantitative estimate of drug-likeness (QED) is 0.602. The fraction of sp³-hybridized carbons (Fsp3) is 0.0714. The van der Waals surface area contributed by atoms with Gasteiger partial charge in [0.25, 0.3) is 0 Å². The molecule has 0 fully saturated rings. The Kier molecular flexibility index (Phi) is 2.22. The molecule has 2 aromatic carbocycles. The van der Waals surface area contributed by atoms with Crippen LogP contribution in [0.2, 0.25) is 0 Å². The SMILES string of the molecule is Cc1ncsc1-c1cccc2ccccc12. The van der Waals surface area contributed by atoms with E-state index < -0.39 is 0 Å². The lowest BCUT2D eigenvalue weighted by Gasteiger charge is -2.04. The van der Waals surface area contributed by atoms with Crippen molar-refractivity contribution in [2.24, 2.45) is 0 Å². The van der Waals surface area contributed by atoms with Gasteiger partial charge in [-0.25, -0.2) is 4.98 Å². The average Bonchev–Trinajstić information content (AvgIpc) is 2.75. The van der Waals surface area contributed by atoms with Crippen LogP contribution in [0.4, 0.5) is 0 Å². The molecule has 3 rings (SSSR count). The van der Waals surface area contributed by atoms with Gasteiger partial charge in [-0.15, -0.1) is 11.3 Å². The Morgan fingerprint density at radius 3 is 2.62 bits per heavy atom. The lowest BCUT2D eigenvalue weighted by molar-refractivity contribution is 1.27. The summed E-state index contributed by atoms with van der Waals surface area (Å²) in [6, 6.07) is 14.9. The van der Waals surface area contributed by atoms with Crippen LogP contribution in [0, 0.1) is 6.92 Å². The highest BCUT2D eigenvalue weighted by molar-refractivity contribution is 7.13. The topological polar surface area (TPSA) is 12.9 Å². The van der Waals surface area contributed by atoms with Gasteiger partial charge in [-0.2, -0.15) is 0 Å². The summed E-state index contributed by atoms with van der Waals surface area (Å²) in [5, 5.41) is 2.59. The summed E-state index contributed by atoms with van der Waals surface area (Å²) in [5.74, 6) is 0. The summed E-state index contributed by atoms with van der Waals surface area (Å²) < 4.78 is 0. The molecule has 0 spiro atoms. The molecule has 1 nitrogen and oxygen atoms in total. The number of nitrogens with zero attached hydrogens (tertiary/aromatic N) is 1. The lowest BCUT2D eigenvalue weighted by Crippen LogP contribution is -1.80. The monoisotopic (exact) mass is 225 g/mol. The van der Waals surface area contributed by atoms with Crippen LogP contribution in [0.15, 0.2) is 48.0 Å². The van der Waals surface area contributed by atoms with Crippen molar-refractivity contribution in [2.45, 2.75) is 6.92 Å². The Balaban J connectivity index is 2.36. The van der Waals surface area contributed by atoms with E-state index in [9.17, 15) is 0 Å². The molecule has 16 heavy (non-hydrogen) atoms. The van der Waals surface area contributed by atoms with Crippen molar-refractivity contribution in [3.05, 3.63) is 53.7 Å². The van der Waals surface area contributed by atoms with Crippen LogP contribution in [-0.2, 0) is 0 Å². The van der Waals surface area contributed by atoms with Gasteiger partial charge in [0, 0.05) is 5.56 Å². The molecule has 0 aliphatic carbocycles. The second-order valence-corrected chi connectivity index (χ2v) is 4.65. The van der Waals surface area contributed by atoms with E-state index in [-0.39, 0.29) is 0 Å². The first-order valence-electron chi connectivity index (χ1n) is 5.24. The van der Waals surface area contributed by atoms with Crippen molar-refractivity contribution in [3.63, 3.8) is 0 Å². The maximum absolute atomic E-state index is 4.32. The molecule has 0 atom stereocenters. The molecule has 1 heterocycles. The normalized spacial score (nSPS) is 10.8. The maximum atomic E-state index is 4.32. The van der Waals surface area contributed by atoms with E-state index >= 15 is 0 Å². The van der Waals surface area contributed by atoms with E-state index in [0.717, 1.165) is 5.69 Å². The Labute approximate surface area is 98.4 Å². The smallest absolute Gasteiger partial charge is 0.0801 e. The largest absolute Gasteiger partial charge is 0.249 e. The van der Waals surface area contributed by atoms with Crippen molar-refractivity contribution in [1.82, 2.24) is 4.98 Å². The molecule has 3 aromatic rings. The number of rotatable bonds is 1. The van der Waals surface area contributed by atoms with Gasteiger partial charge < -0.3 is 0 Å². The van der Waals surface area contributed by atoms with E-state index in [4.69, 9.17) is 0 Å². The number of fused-ring (bicyclic) bond motifs is 1. The number of hydrogen-bond acceptors (Lipinski definition) is 2. The molecule has 0 N–H and O–H groups in total. The zero-order chi connectivity index (χ0) is 11.0. The summed E-state index contributed by atoms with van der Waals surface area (Å²) in [6.45, 7) is 2.06. The molecule has 0 unspecified atom stereocenters. The van der Waals surface area contributed by atoms with Crippen LogP contribution in [0.25, 0.3) is 21.2 Å². The third kappa shape index (κ3) is 1.42. The maximum Gasteiger partial charge on any atom is 0.0801 e. The third-order valence-corrected chi connectivity index (χ3v) is 3.74. The van der Waals surface area contributed by atoms with Crippen molar-refractivity contribution in [1.29, 1.82) is 0 Å². The molecule has 0 saturated carbocycles. The molecule has 0 aliphatic heterocycles. The third-order valence-electron chi connectivity index (χ3n) is 2.78. The first-order chi connectivity index (χ1) is 7.86. The van der Waals surface area contributed by atoms with Crippen LogP contribution >= 0.6 is 11.3 Å². The predicted molar refractivity (Wildman–Crippen MR) is 69.8 cm³/mol. The molecule has 0 bridgehead atoms. The van der Waals surface area contributed by atoms with Crippen LogP contribution in [0.5, 0.6) is 0 Å². The molecule has 78 valence electrons. The van der Waals surface area contributed by atoms with Gasteiger partial charge in [0.1, 0.15) is 0 Å². The molecule has 0 aliphatic rings. The second-order valence-electron chi connectivity index (χ2n) is 3.79. The van der Waals surface area contributed by atoms with E-state index in [0.29, 0.717) is 0 Å². The highest BCUT2D eigenvalue weighted by Gasteiger charge is 2.07. The zero-order valence-electron chi connectivity index (χ0n) is 8.97. The minimum Gasteiger partial charge on any atom is -0.249 e. The summed E-state index contributed by atoms with van der Waals surface area (Å²) in [7, 11) is 0. The van der Waals surface area contributed by atoms with Gasteiger partial charge >= 0.3 is 0 Å². The number of aromatic nitrogens is 1. The van der Waals surface area contributed by atoms with Crippen molar-refractivity contribution < 1.29 is 0 Å². The minimum absolute atomic E-state index is 1.11. The van der Waals surface area contributed by atoms with E-state index in [1.54, 1.807) is 11.3 Å². The van der Waals surface area contributed by atoms with Gasteiger partial charge in [-0.1, -0.05) is 42.5 Å². The summed E-state index contributed by atoms with van der Waals surface area (Å²) >= 11 is 1.71. The Morgan fingerprint density at radius 1 is 1.00 bits per heavy atom. The predicted octanol–water partition coefficient (Wildman–Crippen LogP) is 4.27. The summed E-state index contributed by atoms with van der Waals surface area (Å²) in [4.78, 5) is 5.59. The molecular weight excluding hydrogens is 214 g/mol. The van der Waals surface area contributed by atoms with Crippen molar-refractivity contribution in [2.75, 3.05) is 0 Å². The number of thiazole rings is 1. The summed E-state index contributed by atoms with van der Waals surface area (Å²) in [6.07, 6.45) is 0. The molecule has 0 radical (unpaired) electrons. The fourth-order valence-corrected chi connectivity index (χ4v) is 2.83. The Hall–Kier alpha value is -1.67. The Bertz CT molecular complexity index is 635. The van der Waals surface area contributed by atoms with E-state index in [2.05, 4.69) is 54.4 Å². The van der Waals surface area contributed by atoms with E-state index in [1.807, 2.05) is 5.51 Å². The fourth-order valence-electron chi connectivity index (χ4n) is 1.98. The highest BCUT2D eigenvalue weighted by Crippen LogP contribution is 2.32. The van der Waals surface area contributed by atoms with Gasteiger partial charge in [0.15, 0.2) is 0 Å². The van der Waals surface area contributed by atoms with Gasteiger partial charge in [0.05, 0.1) is 16.1 Å². The van der Waals surface area contributed by atoms with Crippen LogP contribution < -0.4 is 0 Å². The number of aryl methyl sites for hydroxylation is 1. The minimum atomic E-state index is 1.11. The summed E-state index contributed by atoms with van der Waals surface area (Å²) in [5.41, 5.74) is 4.31. The molecule has 0 amide bonds. The first-order valence-corrected chi connectivity index (χ1v) is 6.12. The van der Waals surface area contributed by atoms with Crippen molar-refractivity contribution in [3.8, 4) is 10.4 Å². The van der Waals surface area contributed by atoms with Crippen LogP contribution in [0.1, 0.15) is 5.69 Å². The number of hydrogen-bond donors (Lipinski definition) is 0. The average molecular weight is 225 g/mol. The van der Waals surface area contributed by atoms with Crippen LogP contribution in [-0.4, -0.2) is 4.98 Å². The van der Waals surface area contributed by atoms with Gasteiger partial charge in [0.2, 0.25) is 0 Å². The Morgan fingerprint density at radius 2 is 1.81 bits per heavy atom. The first kappa shape index (κ1) is 9.55. The molecule has 0 saturated heterocycles. The second kappa shape index (κ2) is 3.72. The van der Waals surface area contributed by atoms with E-state index in [1.165, 1.54) is 21.2 Å². The van der Waals surface area contributed by atoms with Gasteiger partial charge in [-0.3, -0.25) is 0 Å². The zero-order valence-corrected chi connectivity index (χ0v) is 9.79.